The lowest BCUT2D eigenvalue weighted by Crippen LogP contribution is -2.36. The molecule has 0 bridgehead atoms. The first-order valence-corrected chi connectivity index (χ1v) is 7.36. The Balaban J connectivity index is 1.82. The second-order valence-corrected chi connectivity index (χ2v) is 6.66. The van der Waals surface area contributed by atoms with Gasteiger partial charge in [-0.2, -0.15) is 0 Å². The second-order valence-electron chi connectivity index (χ2n) is 6.66. The number of hydrogen-bond acceptors (Lipinski definition) is 2. The van der Waals surface area contributed by atoms with E-state index in [1.807, 2.05) is 32.0 Å². The smallest absolute Gasteiger partial charge is 0.258 e. The van der Waals surface area contributed by atoms with Crippen molar-refractivity contribution >= 4 is 5.91 Å². The standard InChI is InChI=1S/C17H25NO2/c1-12-6-5-7-15(13(12)2)20-11-16(19)18-14-8-9-17(3,4)10-14/h5-7,14H,8-11H2,1-4H3,(H,18,19). The molecule has 0 aliphatic heterocycles. The summed E-state index contributed by atoms with van der Waals surface area (Å²) in [6.07, 6.45) is 3.31. The minimum absolute atomic E-state index is 0.0198. The van der Waals surface area contributed by atoms with E-state index in [9.17, 15) is 4.79 Å². The molecule has 1 N–H and O–H groups in total. The van der Waals surface area contributed by atoms with E-state index in [4.69, 9.17) is 4.74 Å². The van der Waals surface area contributed by atoms with Crippen LogP contribution in [0.3, 0.4) is 0 Å². The average Bonchev–Trinajstić information content (AvgIpc) is 2.70. The van der Waals surface area contributed by atoms with Crippen LogP contribution in [0.4, 0.5) is 0 Å². The minimum atomic E-state index is -0.0198. The summed E-state index contributed by atoms with van der Waals surface area (Å²) in [5, 5.41) is 3.07. The molecule has 0 radical (unpaired) electrons. The van der Waals surface area contributed by atoms with Crippen molar-refractivity contribution in [1.29, 1.82) is 0 Å². The van der Waals surface area contributed by atoms with Crippen LogP contribution in [-0.4, -0.2) is 18.6 Å². The summed E-state index contributed by atoms with van der Waals surface area (Å²) in [5.74, 6) is 0.778. The second kappa shape index (κ2) is 5.86. The molecule has 1 aromatic carbocycles. The average molecular weight is 275 g/mol. The molecule has 1 unspecified atom stereocenters. The van der Waals surface area contributed by atoms with Crippen LogP contribution >= 0.6 is 0 Å². The summed E-state index contributed by atoms with van der Waals surface area (Å²) >= 11 is 0. The van der Waals surface area contributed by atoms with Gasteiger partial charge in [-0.15, -0.1) is 0 Å². The van der Waals surface area contributed by atoms with Crippen LogP contribution in [0.5, 0.6) is 5.75 Å². The molecule has 2 rings (SSSR count). The molecule has 0 aromatic heterocycles. The molecule has 1 aliphatic rings. The molecular weight excluding hydrogens is 250 g/mol. The Morgan fingerprint density at radius 3 is 2.80 bits per heavy atom. The Hall–Kier alpha value is -1.51. The SMILES string of the molecule is Cc1cccc(OCC(=O)NC2CCC(C)(C)C2)c1C. The van der Waals surface area contributed by atoms with Crippen molar-refractivity contribution < 1.29 is 9.53 Å². The van der Waals surface area contributed by atoms with E-state index in [1.165, 1.54) is 12.0 Å². The largest absolute Gasteiger partial charge is 0.483 e. The predicted octanol–water partition coefficient (Wildman–Crippen LogP) is 3.38. The lowest BCUT2D eigenvalue weighted by molar-refractivity contribution is -0.123. The van der Waals surface area contributed by atoms with Crippen molar-refractivity contribution in [3.63, 3.8) is 0 Å². The first-order valence-electron chi connectivity index (χ1n) is 7.36. The molecule has 0 spiro atoms. The number of aryl methyl sites for hydroxylation is 1. The van der Waals surface area contributed by atoms with Crippen molar-refractivity contribution in [1.82, 2.24) is 5.32 Å². The van der Waals surface area contributed by atoms with Gasteiger partial charge in [-0.25, -0.2) is 0 Å². The van der Waals surface area contributed by atoms with Gasteiger partial charge in [0.2, 0.25) is 0 Å². The third kappa shape index (κ3) is 3.75. The maximum atomic E-state index is 11.9. The highest BCUT2D eigenvalue weighted by Crippen LogP contribution is 2.36. The Kier molecular flexibility index (Phi) is 4.36. The number of rotatable bonds is 4. The molecule has 20 heavy (non-hydrogen) atoms. The van der Waals surface area contributed by atoms with E-state index < -0.39 is 0 Å². The maximum Gasteiger partial charge on any atom is 0.258 e. The molecule has 1 amide bonds. The van der Waals surface area contributed by atoms with Crippen molar-refractivity contribution in [2.24, 2.45) is 5.41 Å². The highest BCUT2D eigenvalue weighted by Gasteiger charge is 2.31. The lowest BCUT2D eigenvalue weighted by atomic mass is 9.92. The number of carbonyl (C=O) groups excluding carboxylic acids is 1. The van der Waals surface area contributed by atoms with Crippen LogP contribution in [0, 0.1) is 19.3 Å². The van der Waals surface area contributed by atoms with E-state index in [0.717, 1.165) is 24.2 Å². The van der Waals surface area contributed by atoms with Gasteiger partial charge in [-0.05, 0) is 55.7 Å². The summed E-state index contributed by atoms with van der Waals surface area (Å²) in [4.78, 5) is 11.9. The van der Waals surface area contributed by atoms with E-state index in [2.05, 4.69) is 19.2 Å². The van der Waals surface area contributed by atoms with Crippen LogP contribution in [0.1, 0.15) is 44.2 Å². The molecule has 1 aromatic rings. The molecule has 1 atom stereocenters. The van der Waals surface area contributed by atoms with Crippen molar-refractivity contribution in [3.05, 3.63) is 29.3 Å². The third-order valence-corrected chi connectivity index (χ3v) is 4.25. The van der Waals surface area contributed by atoms with Gasteiger partial charge >= 0.3 is 0 Å². The highest BCUT2D eigenvalue weighted by molar-refractivity contribution is 5.78. The Bertz CT molecular complexity index is 494. The van der Waals surface area contributed by atoms with Gasteiger partial charge in [0.1, 0.15) is 5.75 Å². The van der Waals surface area contributed by atoms with Crippen LogP contribution in [0.25, 0.3) is 0 Å². The molecule has 1 fully saturated rings. The fourth-order valence-corrected chi connectivity index (χ4v) is 2.85. The van der Waals surface area contributed by atoms with Crippen LogP contribution < -0.4 is 10.1 Å². The van der Waals surface area contributed by atoms with Gasteiger partial charge in [0, 0.05) is 6.04 Å². The molecule has 3 heteroatoms. The van der Waals surface area contributed by atoms with Gasteiger partial charge in [-0.3, -0.25) is 4.79 Å². The number of benzene rings is 1. The van der Waals surface area contributed by atoms with E-state index in [-0.39, 0.29) is 12.5 Å². The predicted molar refractivity (Wildman–Crippen MR) is 81.0 cm³/mol. The fourth-order valence-electron chi connectivity index (χ4n) is 2.85. The normalized spacial score (nSPS) is 20.7. The summed E-state index contributed by atoms with van der Waals surface area (Å²) < 4.78 is 5.63. The van der Waals surface area contributed by atoms with Crippen molar-refractivity contribution in [2.45, 2.75) is 53.0 Å². The minimum Gasteiger partial charge on any atom is -0.483 e. The van der Waals surface area contributed by atoms with Crippen LogP contribution in [0.15, 0.2) is 18.2 Å². The molecule has 3 nitrogen and oxygen atoms in total. The zero-order valence-electron chi connectivity index (χ0n) is 13.0. The highest BCUT2D eigenvalue weighted by atomic mass is 16.5. The summed E-state index contributed by atoms with van der Waals surface area (Å²) in [5.41, 5.74) is 2.63. The quantitative estimate of drug-likeness (QED) is 0.915. The van der Waals surface area contributed by atoms with Crippen molar-refractivity contribution in [2.75, 3.05) is 6.61 Å². The van der Waals surface area contributed by atoms with E-state index in [1.54, 1.807) is 0 Å². The van der Waals surface area contributed by atoms with Crippen molar-refractivity contribution in [3.8, 4) is 5.75 Å². The molecule has 0 saturated heterocycles. The fraction of sp³-hybridized carbons (Fsp3) is 0.588. The molecule has 1 aliphatic carbocycles. The lowest BCUT2D eigenvalue weighted by Gasteiger charge is -2.18. The van der Waals surface area contributed by atoms with Gasteiger partial charge in [0.25, 0.3) is 5.91 Å². The Morgan fingerprint density at radius 1 is 1.40 bits per heavy atom. The summed E-state index contributed by atoms with van der Waals surface area (Å²) in [7, 11) is 0. The number of nitrogens with one attached hydrogen (secondary N) is 1. The number of carbonyl (C=O) groups is 1. The first kappa shape index (κ1) is 14.9. The molecule has 1 saturated carbocycles. The summed E-state index contributed by atoms with van der Waals surface area (Å²) in [6.45, 7) is 8.67. The van der Waals surface area contributed by atoms with Gasteiger partial charge in [-0.1, -0.05) is 26.0 Å². The number of amides is 1. The molecule has 110 valence electrons. The number of hydrogen-bond donors (Lipinski definition) is 1. The summed E-state index contributed by atoms with van der Waals surface area (Å²) in [6, 6.07) is 6.21. The number of ether oxygens (including phenoxy) is 1. The van der Waals surface area contributed by atoms with Gasteiger partial charge in [0.15, 0.2) is 6.61 Å². The van der Waals surface area contributed by atoms with E-state index in [0.29, 0.717) is 11.5 Å². The first-order chi connectivity index (χ1) is 9.37. The van der Waals surface area contributed by atoms with Crippen LogP contribution in [0.2, 0.25) is 0 Å². The third-order valence-electron chi connectivity index (χ3n) is 4.25. The van der Waals surface area contributed by atoms with Gasteiger partial charge in [0.05, 0.1) is 0 Å². The monoisotopic (exact) mass is 275 g/mol. The maximum absolute atomic E-state index is 11.9. The zero-order chi connectivity index (χ0) is 14.8. The molecule has 0 heterocycles. The van der Waals surface area contributed by atoms with Gasteiger partial charge < -0.3 is 10.1 Å². The Labute approximate surface area is 121 Å². The Morgan fingerprint density at radius 2 is 2.15 bits per heavy atom. The molecular formula is C17H25NO2. The topological polar surface area (TPSA) is 38.3 Å². The zero-order valence-corrected chi connectivity index (χ0v) is 13.0. The van der Waals surface area contributed by atoms with E-state index >= 15 is 0 Å². The van der Waals surface area contributed by atoms with Crippen LogP contribution in [-0.2, 0) is 4.79 Å².